The monoisotopic (exact) mass is 320 g/mol. The van der Waals surface area contributed by atoms with Crippen molar-refractivity contribution in [2.24, 2.45) is 0 Å². The molecule has 0 radical (unpaired) electrons. The van der Waals surface area contributed by atoms with Crippen LogP contribution in [-0.2, 0) is 6.54 Å². The van der Waals surface area contributed by atoms with E-state index in [-0.39, 0.29) is 12.6 Å². The summed E-state index contributed by atoms with van der Waals surface area (Å²) in [5, 5.41) is 12.0. The number of anilines is 1. The number of rotatable bonds is 7. The van der Waals surface area contributed by atoms with Crippen molar-refractivity contribution in [2.75, 3.05) is 37.7 Å². The average molecular weight is 320 g/mol. The van der Waals surface area contributed by atoms with Crippen LogP contribution in [0.15, 0.2) is 18.3 Å². The number of hydrogen-bond acceptors (Lipinski definition) is 4. The number of urea groups is 1. The van der Waals surface area contributed by atoms with Crippen molar-refractivity contribution in [3.05, 3.63) is 23.9 Å². The second-order valence-electron chi connectivity index (χ2n) is 5.90. The second-order valence-corrected chi connectivity index (χ2v) is 5.90. The molecule has 1 saturated heterocycles. The number of nitrogens with zero attached hydrogens (tertiary/aromatic N) is 3. The Morgan fingerprint density at radius 2 is 2.13 bits per heavy atom. The van der Waals surface area contributed by atoms with Crippen LogP contribution in [0.3, 0.4) is 0 Å². The minimum atomic E-state index is -0.130. The summed E-state index contributed by atoms with van der Waals surface area (Å²) >= 11 is 0. The van der Waals surface area contributed by atoms with Crippen molar-refractivity contribution in [1.29, 1.82) is 0 Å². The molecule has 2 amide bonds. The van der Waals surface area contributed by atoms with Crippen molar-refractivity contribution in [3.8, 4) is 0 Å². The summed E-state index contributed by atoms with van der Waals surface area (Å²) < 4.78 is 0. The number of aliphatic hydroxyl groups is 1. The van der Waals surface area contributed by atoms with Gasteiger partial charge in [-0.15, -0.1) is 0 Å². The van der Waals surface area contributed by atoms with Gasteiger partial charge >= 0.3 is 6.03 Å². The van der Waals surface area contributed by atoms with Crippen molar-refractivity contribution in [1.82, 2.24) is 15.2 Å². The molecular weight excluding hydrogens is 292 g/mol. The van der Waals surface area contributed by atoms with Gasteiger partial charge in [0.05, 0.1) is 6.61 Å². The van der Waals surface area contributed by atoms with Gasteiger partial charge in [-0.2, -0.15) is 0 Å². The lowest BCUT2D eigenvalue weighted by Crippen LogP contribution is -2.42. The largest absolute Gasteiger partial charge is 0.395 e. The van der Waals surface area contributed by atoms with Gasteiger partial charge in [-0.3, -0.25) is 0 Å². The summed E-state index contributed by atoms with van der Waals surface area (Å²) in [5.41, 5.74) is 1.04. The summed E-state index contributed by atoms with van der Waals surface area (Å²) in [6.45, 7) is 5.55. The number of piperidine rings is 1. The number of hydrogen-bond donors (Lipinski definition) is 2. The van der Waals surface area contributed by atoms with Crippen LogP contribution in [0.4, 0.5) is 10.6 Å². The summed E-state index contributed by atoms with van der Waals surface area (Å²) in [4.78, 5) is 20.7. The topological polar surface area (TPSA) is 68.7 Å². The Hall–Kier alpha value is -1.82. The lowest BCUT2D eigenvalue weighted by atomic mass is 10.1. The number of amides is 2. The molecule has 2 N–H and O–H groups in total. The Bertz CT molecular complexity index is 483. The average Bonchev–Trinajstić information content (AvgIpc) is 2.60. The summed E-state index contributed by atoms with van der Waals surface area (Å²) in [5.74, 6) is 0.983. The van der Waals surface area contributed by atoms with Crippen molar-refractivity contribution in [2.45, 2.75) is 39.2 Å². The third-order valence-electron chi connectivity index (χ3n) is 4.10. The fourth-order valence-corrected chi connectivity index (χ4v) is 2.95. The zero-order chi connectivity index (χ0) is 16.5. The first kappa shape index (κ1) is 17.5. The molecule has 2 heterocycles. The molecule has 0 aromatic carbocycles. The Morgan fingerprint density at radius 1 is 1.35 bits per heavy atom. The van der Waals surface area contributed by atoms with E-state index in [1.54, 1.807) is 4.90 Å². The third kappa shape index (κ3) is 5.10. The van der Waals surface area contributed by atoms with Crippen LogP contribution in [0.5, 0.6) is 0 Å². The van der Waals surface area contributed by atoms with Crippen LogP contribution in [0.25, 0.3) is 0 Å². The molecule has 1 aliphatic heterocycles. The molecule has 6 heteroatoms. The quantitative estimate of drug-likeness (QED) is 0.806. The summed E-state index contributed by atoms with van der Waals surface area (Å²) in [6, 6.07) is 3.80. The van der Waals surface area contributed by atoms with E-state index >= 15 is 0 Å². The smallest absolute Gasteiger partial charge is 0.317 e. The van der Waals surface area contributed by atoms with Gasteiger partial charge in [0, 0.05) is 44.5 Å². The Kier molecular flexibility index (Phi) is 7.13. The van der Waals surface area contributed by atoms with Crippen LogP contribution in [0.2, 0.25) is 0 Å². The van der Waals surface area contributed by atoms with Gasteiger partial charge in [0.1, 0.15) is 5.82 Å². The van der Waals surface area contributed by atoms with E-state index < -0.39 is 0 Å². The molecule has 2 rings (SSSR count). The molecule has 0 unspecified atom stereocenters. The normalized spacial score (nSPS) is 14.6. The van der Waals surface area contributed by atoms with Crippen LogP contribution in [0, 0.1) is 0 Å². The molecule has 0 aliphatic carbocycles. The number of aromatic nitrogens is 1. The fourth-order valence-electron chi connectivity index (χ4n) is 2.95. The molecular formula is C17H28N4O2. The van der Waals surface area contributed by atoms with Gasteiger partial charge in [0.2, 0.25) is 0 Å². The minimum Gasteiger partial charge on any atom is -0.395 e. The van der Waals surface area contributed by atoms with E-state index in [9.17, 15) is 4.79 Å². The predicted octanol–water partition coefficient (Wildman–Crippen LogP) is 1.99. The van der Waals surface area contributed by atoms with E-state index in [1.807, 2.05) is 25.3 Å². The van der Waals surface area contributed by atoms with Gasteiger partial charge in [-0.25, -0.2) is 9.78 Å². The first-order valence-electron chi connectivity index (χ1n) is 8.58. The van der Waals surface area contributed by atoms with Crippen molar-refractivity contribution >= 4 is 11.8 Å². The number of aliphatic hydroxyl groups excluding tert-OH is 1. The SMILES string of the molecule is CCCN(CCO)C(=O)NCc1cccnc1N1CCCCC1. The number of carbonyl (C=O) groups is 1. The van der Waals surface area contributed by atoms with Crippen LogP contribution in [0.1, 0.15) is 38.2 Å². The van der Waals surface area contributed by atoms with Gasteiger partial charge < -0.3 is 20.2 Å². The van der Waals surface area contributed by atoms with Crippen LogP contribution < -0.4 is 10.2 Å². The first-order valence-corrected chi connectivity index (χ1v) is 8.58. The first-order chi connectivity index (χ1) is 11.3. The zero-order valence-electron chi connectivity index (χ0n) is 14.0. The van der Waals surface area contributed by atoms with Gasteiger partial charge in [-0.05, 0) is 31.7 Å². The molecule has 1 aliphatic rings. The van der Waals surface area contributed by atoms with E-state index in [0.717, 1.165) is 30.9 Å². The number of carbonyl (C=O) groups excluding carboxylic acids is 1. The van der Waals surface area contributed by atoms with Gasteiger partial charge in [0.25, 0.3) is 0 Å². The fraction of sp³-hybridized carbons (Fsp3) is 0.647. The van der Waals surface area contributed by atoms with Gasteiger partial charge in [0.15, 0.2) is 0 Å². The molecule has 0 atom stereocenters. The van der Waals surface area contributed by atoms with E-state index in [2.05, 4.69) is 15.2 Å². The summed E-state index contributed by atoms with van der Waals surface area (Å²) in [7, 11) is 0. The molecule has 6 nitrogen and oxygen atoms in total. The zero-order valence-corrected chi connectivity index (χ0v) is 14.0. The maximum absolute atomic E-state index is 12.3. The predicted molar refractivity (Wildman–Crippen MR) is 91.5 cm³/mol. The third-order valence-corrected chi connectivity index (χ3v) is 4.10. The highest BCUT2D eigenvalue weighted by atomic mass is 16.3. The van der Waals surface area contributed by atoms with Crippen LogP contribution >= 0.6 is 0 Å². The standard InChI is InChI=1S/C17H28N4O2/c1-2-9-21(12-13-22)17(23)19-14-15-7-6-8-18-16(15)20-10-4-3-5-11-20/h6-8,22H,2-5,9-14H2,1H3,(H,19,23). The van der Waals surface area contributed by atoms with Crippen LogP contribution in [-0.4, -0.2) is 53.8 Å². The van der Waals surface area contributed by atoms with E-state index in [1.165, 1.54) is 19.3 Å². The second kappa shape index (κ2) is 9.35. The molecule has 0 saturated carbocycles. The lowest BCUT2D eigenvalue weighted by Gasteiger charge is -2.29. The van der Waals surface area contributed by atoms with Crippen molar-refractivity contribution in [3.63, 3.8) is 0 Å². The maximum Gasteiger partial charge on any atom is 0.317 e. The summed E-state index contributed by atoms with van der Waals surface area (Å²) in [6.07, 6.45) is 6.36. The highest BCUT2D eigenvalue weighted by molar-refractivity contribution is 5.74. The van der Waals surface area contributed by atoms with E-state index in [0.29, 0.717) is 19.6 Å². The molecule has 128 valence electrons. The van der Waals surface area contributed by atoms with E-state index in [4.69, 9.17) is 5.11 Å². The Balaban J connectivity index is 1.98. The highest BCUT2D eigenvalue weighted by Gasteiger charge is 2.17. The highest BCUT2D eigenvalue weighted by Crippen LogP contribution is 2.21. The molecule has 1 fully saturated rings. The molecule has 0 bridgehead atoms. The minimum absolute atomic E-state index is 0.0145. The Labute approximate surface area is 138 Å². The Morgan fingerprint density at radius 3 is 2.83 bits per heavy atom. The van der Waals surface area contributed by atoms with Crippen molar-refractivity contribution < 1.29 is 9.90 Å². The molecule has 1 aromatic rings. The number of pyridine rings is 1. The van der Waals surface area contributed by atoms with Gasteiger partial charge in [-0.1, -0.05) is 13.0 Å². The maximum atomic E-state index is 12.3. The molecule has 0 spiro atoms. The number of nitrogens with one attached hydrogen (secondary N) is 1. The lowest BCUT2D eigenvalue weighted by molar-refractivity contribution is 0.177. The molecule has 23 heavy (non-hydrogen) atoms. The molecule has 1 aromatic heterocycles.